The summed E-state index contributed by atoms with van der Waals surface area (Å²) in [6.07, 6.45) is 1.50. The molecule has 0 spiro atoms. The molecule has 18 heavy (non-hydrogen) atoms. The third-order valence-corrected chi connectivity index (χ3v) is 2.63. The van der Waals surface area contributed by atoms with Gasteiger partial charge in [0.05, 0.1) is 17.6 Å². The number of nitrogen functional groups attached to an aromatic ring is 1. The molecule has 0 unspecified atom stereocenters. The van der Waals surface area contributed by atoms with E-state index in [0.29, 0.717) is 23.7 Å². The van der Waals surface area contributed by atoms with E-state index in [1.54, 1.807) is 17.8 Å². The molecule has 0 atom stereocenters. The lowest BCUT2D eigenvalue weighted by Gasteiger charge is -2.07. The number of anilines is 2. The van der Waals surface area contributed by atoms with Gasteiger partial charge in [-0.25, -0.2) is 0 Å². The SMILES string of the molecule is CCn1nc(C)cc1C(=O)Nc1c(N)cnn1C. The van der Waals surface area contributed by atoms with E-state index in [1.165, 1.54) is 10.9 Å². The minimum atomic E-state index is -0.243. The highest BCUT2D eigenvalue weighted by Crippen LogP contribution is 2.17. The van der Waals surface area contributed by atoms with Crippen LogP contribution >= 0.6 is 0 Å². The van der Waals surface area contributed by atoms with Crippen molar-refractivity contribution in [1.82, 2.24) is 19.6 Å². The third-order valence-electron chi connectivity index (χ3n) is 2.63. The third kappa shape index (κ3) is 2.06. The maximum Gasteiger partial charge on any atom is 0.275 e. The van der Waals surface area contributed by atoms with Gasteiger partial charge < -0.3 is 11.1 Å². The summed E-state index contributed by atoms with van der Waals surface area (Å²) in [4.78, 5) is 12.1. The van der Waals surface area contributed by atoms with E-state index in [0.717, 1.165) is 5.69 Å². The van der Waals surface area contributed by atoms with Crippen LogP contribution in [0.25, 0.3) is 0 Å². The van der Waals surface area contributed by atoms with Crippen LogP contribution in [-0.4, -0.2) is 25.5 Å². The van der Waals surface area contributed by atoms with Gasteiger partial charge >= 0.3 is 0 Å². The topological polar surface area (TPSA) is 90.8 Å². The van der Waals surface area contributed by atoms with Crippen LogP contribution in [0, 0.1) is 6.92 Å². The van der Waals surface area contributed by atoms with Crippen LogP contribution in [0.1, 0.15) is 23.1 Å². The number of aromatic nitrogens is 4. The Morgan fingerprint density at radius 1 is 1.56 bits per heavy atom. The molecule has 0 aliphatic heterocycles. The molecule has 96 valence electrons. The summed E-state index contributed by atoms with van der Waals surface area (Å²) < 4.78 is 3.17. The Balaban J connectivity index is 2.27. The standard InChI is InChI=1S/C11H16N6O/c1-4-17-9(5-7(2)15-17)11(18)14-10-8(12)6-13-16(10)3/h5-6H,4,12H2,1-3H3,(H,14,18). The van der Waals surface area contributed by atoms with Gasteiger partial charge in [-0.05, 0) is 19.9 Å². The first kappa shape index (κ1) is 12.2. The number of carbonyl (C=O) groups excluding carboxylic acids is 1. The molecule has 0 fully saturated rings. The maximum absolute atomic E-state index is 12.1. The molecule has 2 heterocycles. The van der Waals surface area contributed by atoms with Crippen LogP contribution in [0.15, 0.2) is 12.3 Å². The van der Waals surface area contributed by atoms with Gasteiger partial charge in [0.15, 0.2) is 5.82 Å². The van der Waals surface area contributed by atoms with Crippen molar-refractivity contribution >= 4 is 17.4 Å². The number of rotatable bonds is 3. The van der Waals surface area contributed by atoms with Gasteiger partial charge in [-0.2, -0.15) is 10.2 Å². The van der Waals surface area contributed by atoms with Gasteiger partial charge in [0.1, 0.15) is 5.69 Å². The Morgan fingerprint density at radius 2 is 2.28 bits per heavy atom. The molecule has 0 bridgehead atoms. The van der Waals surface area contributed by atoms with Gasteiger partial charge in [0, 0.05) is 13.6 Å². The molecule has 0 aliphatic carbocycles. The molecule has 2 aromatic heterocycles. The summed E-state index contributed by atoms with van der Waals surface area (Å²) in [6.45, 7) is 4.42. The van der Waals surface area contributed by atoms with Crippen LogP contribution in [0.3, 0.4) is 0 Å². The second kappa shape index (κ2) is 4.52. The molecule has 7 heteroatoms. The Labute approximate surface area is 105 Å². The minimum Gasteiger partial charge on any atom is -0.394 e. The summed E-state index contributed by atoms with van der Waals surface area (Å²) >= 11 is 0. The minimum absolute atomic E-state index is 0.243. The van der Waals surface area contributed by atoms with E-state index in [9.17, 15) is 4.79 Å². The number of aryl methyl sites for hydroxylation is 3. The van der Waals surface area contributed by atoms with E-state index in [1.807, 2.05) is 13.8 Å². The molecule has 0 aromatic carbocycles. The highest BCUT2D eigenvalue weighted by Gasteiger charge is 2.16. The van der Waals surface area contributed by atoms with Crippen molar-refractivity contribution in [1.29, 1.82) is 0 Å². The van der Waals surface area contributed by atoms with Crippen LogP contribution in [0.5, 0.6) is 0 Å². The maximum atomic E-state index is 12.1. The van der Waals surface area contributed by atoms with Crippen molar-refractivity contribution in [2.45, 2.75) is 20.4 Å². The molecule has 0 saturated heterocycles. The summed E-state index contributed by atoms with van der Waals surface area (Å²) in [6, 6.07) is 1.74. The van der Waals surface area contributed by atoms with Gasteiger partial charge in [0.2, 0.25) is 0 Å². The predicted molar refractivity (Wildman–Crippen MR) is 68.2 cm³/mol. The van der Waals surface area contributed by atoms with Crippen LogP contribution in [0.2, 0.25) is 0 Å². The number of nitrogens with one attached hydrogen (secondary N) is 1. The Kier molecular flexibility index (Phi) is 3.05. The fraction of sp³-hybridized carbons (Fsp3) is 0.364. The van der Waals surface area contributed by atoms with Gasteiger partial charge in [-0.15, -0.1) is 0 Å². The molecule has 0 saturated carbocycles. The van der Waals surface area contributed by atoms with E-state index in [2.05, 4.69) is 15.5 Å². The zero-order chi connectivity index (χ0) is 13.3. The van der Waals surface area contributed by atoms with E-state index in [-0.39, 0.29) is 5.91 Å². The molecule has 7 nitrogen and oxygen atoms in total. The van der Waals surface area contributed by atoms with Crippen molar-refractivity contribution < 1.29 is 4.79 Å². The quantitative estimate of drug-likeness (QED) is 0.839. The van der Waals surface area contributed by atoms with Gasteiger partial charge in [-0.1, -0.05) is 0 Å². The highest BCUT2D eigenvalue weighted by molar-refractivity contribution is 6.04. The fourth-order valence-corrected chi connectivity index (χ4v) is 1.75. The zero-order valence-corrected chi connectivity index (χ0v) is 10.6. The van der Waals surface area contributed by atoms with Gasteiger partial charge in [0.25, 0.3) is 5.91 Å². The predicted octanol–water partition coefficient (Wildman–Crippen LogP) is 0.779. The Hall–Kier alpha value is -2.31. The summed E-state index contributed by atoms with van der Waals surface area (Å²) in [5.41, 5.74) is 7.47. The van der Waals surface area contributed by atoms with E-state index >= 15 is 0 Å². The summed E-state index contributed by atoms with van der Waals surface area (Å²) in [7, 11) is 1.72. The zero-order valence-electron chi connectivity index (χ0n) is 10.6. The summed E-state index contributed by atoms with van der Waals surface area (Å²) in [5, 5.41) is 10.9. The van der Waals surface area contributed by atoms with Crippen molar-refractivity contribution in [2.24, 2.45) is 7.05 Å². The normalized spacial score (nSPS) is 10.6. The second-order valence-corrected chi connectivity index (χ2v) is 4.01. The van der Waals surface area contributed by atoms with Crippen molar-refractivity contribution in [3.63, 3.8) is 0 Å². The lowest BCUT2D eigenvalue weighted by atomic mass is 10.3. The first-order valence-electron chi connectivity index (χ1n) is 5.66. The number of hydrogen-bond donors (Lipinski definition) is 2. The molecule has 2 aromatic rings. The van der Waals surface area contributed by atoms with Crippen LogP contribution < -0.4 is 11.1 Å². The average molecular weight is 248 g/mol. The molecule has 2 rings (SSSR count). The molecular weight excluding hydrogens is 232 g/mol. The lowest BCUT2D eigenvalue weighted by molar-refractivity contribution is 0.101. The second-order valence-electron chi connectivity index (χ2n) is 4.01. The Morgan fingerprint density at radius 3 is 2.83 bits per heavy atom. The average Bonchev–Trinajstić information content (AvgIpc) is 2.86. The molecule has 0 aliphatic rings. The first-order chi connectivity index (χ1) is 8.52. The first-order valence-corrected chi connectivity index (χ1v) is 5.66. The van der Waals surface area contributed by atoms with E-state index < -0.39 is 0 Å². The number of hydrogen-bond acceptors (Lipinski definition) is 4. The largest absolute Gasteiger partial charge is 0.394 e. The summed E-state index contributed by atoms with van der Waals surface area (Å²) in [5.74, 6) is 0.245. The Bertz CT molecular complexity index is 563. The molecule has 3 N–H and O–H groups in total. The van der Waals surface area contributed by atoms with Crippen molar-refractivity contribution in [2.75, 3.05) is 11.1 Å². The smallest absolute Gasteiger partial charge is 0.275 e. The number of carbonyl (C=O) groups is 1. The lowest BCUT2D eigenvalue weighted by Crippen LogP contribution is -2.19. The molecule has 0 radical (unpaired) electrons. The number of nitrogens with zero attached hydrogens (tertiary/aromatic N) is 4. The van der Waals surface area contributed by atoms with Gasteiger partial charge in [-0.3, -0.25) is 14.2 Å². The fourth-order valence-electron chi connectivity index (χ4n) is 1.75. The van der Waals surface area contributed by atoms with Crippen molar-refractivity contribution in [3.8, 4) is 0 Å². The highest BCUT2D eigenvalue weighted by atomic mass is 16.2. The monoisotopic (exact) mass is 248 g/mol. The number of nitrogens with two attached hydrogens (primary N) is 1. The van der Waals surface area contributed by atoms with Crippen LogP contribution in [-0.2, 0) is 13.6 Å². The van der Waals surface area contributed by atoms with E-state index in [4.69, 9.17) is 5.73 Å². The number of amides is 1. The molecular formula is C11H16N6O. The van der Waals surface area contributed by atoms with Crippen molar-refractivity contribution in [3.05, 3.63) is 23.7 Å². The van der Waals surface area contributed by atoms with Crippen LogP contribution in [0.4, 0.5) is 11.5 Å². The molecule has 1 amide bonds.